The van der Waals surface area contributed by atoms with E-state index in [1.807, 2.05) is 24.3 Å². The SMILES string of the molecule is NCc1ccccc1COc1ccccc1F. The average molecular weight is 231 g/mol. The van der Waals surface area contributed by atoms with E-state index in [0.29, 0.717) is 13.2 Å². The van der Waals surface area contributed by atoms with Crippen LogP contribution >= 0.6 is 0 Å². The van der Waals surface area contributed by atoms with Crippen LogP contribution in [0.25, 0.3) is 0 Å². The number of nitrogens with two attached hydrogens (primary N) is 1. The number of hydrogen-bond donors (Lipinski definition) is 1. The molecule has 0 aliphatic heterocycles. The summed E-state index contributed by atoms with van der Waals surface area (Å²) in [6.45, 7) is 0.783. The topological polar surface area (TPSA) is 35.2 Å². The zero-order valence-electron chi connectivity index (χ0n) is 9.40. The smallest absolute Gasteiger partial charge is 0.165 e. The summed E-state index contributed by atoms with van der Waals surface area (Å²) < 4.78 is 18.8. The summed E-state index contributed by atoms with van der Waals surface area (Å²) in [7, 11) is 0. The van der Waals surface area contributed by atoms with Crippen LogP contribution in [0, 0.1) is 5.82 Å². The molecule has 2 aromatic carbocycles. The summed E-state index contributed by atoms with van der Waals surface area (Å²) in [6, 6.07) is 14.1. The maximum absolute atomic E-state index is 13.3. The summed E-state index contributed by atoms with van der Waals surface area (Å²) in [5.41, 5.74) is 7.62. The van der Waals surface area contributed by atoms with Crippen molar-refractivity contribution in [3.63, 3.8) is 0 Å². The summed E-state index contributed by atoms with van der Waals surface area (Å²) in [4.78, 5) is 0. The first-order valence-corrected chi connectivity index (χ1v) is 5.45. The highest BCUT2D eigenvalue weighted by atomic mass is 19.1. The van der Waals surface area contributed by atoms with E-state index in [2.05, 4.69) is 0 Å². The summed E-state index contributed by atoms with van der Waals surface area (Å²) in [5, 5.41) is 0. The third-order valence-corrected chi connectivity index (χ3v) is 2.56. The highest BCUT2D eigenvalue weighted by Gasteiger charge is 2.04. The van der Waals surface area contributed by atoms with Gasteiger partial charge in [-0.1, -0.05) is 36.4 Å². The van der Waals surface area contributed by atoms with Gasteiger partial charge in [-0.2, -0.15) is 0 Å². The molecule has 0 saturated carbocycles. The average Bonchev–Trinajstić information content (AvgIpc) is 2.38. The first-order valence-electron chi connectivity index (χ1n) is 5.45. The molecule has 88 valence electrons. The lowest BCUT2D eigenvalue weighted by atomic mass is 10.1. The van der Waals surface area contributed by atoms with Crippen molar-refractivity contribution in [2.75, 3.05) is 0 Å². The van der Waals surface area contributed by atoms with E-state index in [4.69, 9.17) is 10.5 Å². The molecule has 0 aromatic heterocycles. The largest absolute Gasteiger partial charge is 0.486 e. The lowest BCUT2D eigenvalue weighted by Crippen LogP contribution is -2.04. The van der Waals surface area contributed by atoms with Crippen molar-refractivity contribution in [1.29, 1.82) is 0 Å². The van der Waals surface area contributed by atoms with Crippen LogP contribution in [-0.4, -0.2) is 0 Å². The van der Waals surface area contributed by atoms with Gasteiger partial charge in [0.2, 0.25) is 0 Å². The number of rotatable bonds is 4. The van der Waals surface area contributed by atoms with Gasteiger partial charge in [0.25, 0.3) is 0 Å². The van der Waals surface area contributed by atoms with Crippen LogP contribution in [0.5, 0.6) is 5.75 Å². The van der Waals surface area contributed by atoms with Crippen molar-refractivity contribution in [1.82, 2.24) is 0 Å². The predicted octanol–water partition coefficient (Wildman–Crippen LogP) is 2.86. The van der Waals surface area contributed by atoms with Crippen LogP contribution in [0.3, 0.4) is 0 Å². The van der Waals surface area contributed by atoms with Crippen molar-refractivity contribution in [2.24, 2.45) is 5.73 Å². The standard InChI is InChI=1S/C14H14FNO/c15-13-7-3-4-8-14(13)17-10-12-6-2-1-5-11(12)9-16/h1-8H,9-10,16H2. The van der Waals surface area contributed by atoms with Gasteiger partial charge in [-0.3, -0.25) is 0 Å². The van der Waals surface area contributed by atoms with Gasteiger partial charge in [0.1, 0.15) is 6.61 Å². The van der Waals surface area contributed by atoms with Crippen LogP contribution in [0.2, 0.25) is 0 Å². The molecule has 0 amide bonds. The number of hydrogen-bond acceptors (Lipinski definition) is 2. The third-order valence-electron chi connectivity index (χ3n) is 2.56. The second-order valence-electron chi connectivity index (χ2n) is 3.69. The molecule has 0 bridgehead atoms. The molecule has 2 nitrogen and oxygen atoms in total. The molecule has 0 aliphatic rings. The molecule has 2 rings (SSSR count). The molecule has 0 saturated heterocycles. The van der Waals surface area contributed by atoms with Gasteiger partial charge in [-0.05, 0) is 23.3 Å². The monoisotopic (exact) mass is 231 g/mol. The zero-order valence-corrected chi connectivity index (χ0v) is 9.40. The Bertz CT molecular complexity index is 499. The van der Waals surface area contributed by atoms with Gasteiger partial charge < -0.3 is 10.5 Å². The van der Waals surface area contributed by atoms with Gasteiger partial charge in [0, 0.05) is 6.54 Å². The van der Waals surface area contributed by atoms with Crippen LogP contribution < -0.4 is 10.5 Å². The van der Waals surface area contributed by atoms with Gasteiger partial charge in [0.15, 0.2) is 11.6 Å². The maximum Gasteiger partial charge on any atom is 0.165 e. The Morgan fingerprint density at radius 1 is 0.941 bits per heavy atom. The summed E-state index contributed by atoms with van der Waals surface area (Å²) in [5.74, 6) is -0.0861. The summed E-state index contributed by atoms with van der Waals surface area (Å²) in [6.07, 6.45) is 0. The number of para-hydroxylation sites is 1. The fraction of sp³-hybridized carbons (Fsp3) is 0.143. The van der Waals surface area contributed by atoms with Crippen LogP contribution in [-0.2, 0) is 13.2 Å². The normalized spacial score (nSPS) is 10.2. The Morgan fingerprint density at radius 2 is 1.59 bits per heavy atom. The highest BCUT2D eigenvalue weighted by molar-refractivity contribution is 5.28. The van der Waals surface area contributed by atoms with E-state index >= 15 is 0 Å². The fourth-order valence-electron chi connectivity index (χ4n) is 1.61. The molecule has 3 heteroatoms. The van der Waals surface area contributed by atoms with Crippen molar-refractivity contribution >= 4 is 0 Å². The third kappa shape index (κ3) is 2.82. The molecule has 0 spiro atoms. The Labute approximate surface area is 99.8 Å². The molecule has 0 unspecified atom stereocenters. The molecule has 2 N–H and O–H groups in total. The van der Waals surface area contributed by atoms with E-state index < -0.39 is 0 Å². The van der Waals surface area contributed by atoms with E-state index in [1.54, 1.807) is 18.2 Å². The Kier molecular flexibility index (Phi) is 3.73. The van der Waals surface area contributed by atoms with Crippen LogP contribution in [0.15, 0.2) is 48.5 Å². The van der Waals surface area contributed by atoms with Crippen molar-refractivity contribution in [3.05, 3.63) is 65.5 Å². The molecular formula is C14H14FNO. The molecule has 0 atom stereocenters. The van der Waals surface area contributed by atoms with E-state index in [0.717, 1.165) is 11.1 Å². The minimum absolute atomic E-state index is 0.263. The number of ether oxygens (including phenoxy) is 1. The molecule has 17 heavy (non-hydrogen) atoms. The molecular weight excluding hydrogens is 217 g/mol. The van der Waals surface area contributed by atoms with Crippen LogP contribution in [0.1, 0.15) is 11.1 Å². The Balaban J connectivity index is 2.10. The quantitative estimate of drug-likeness (QED) is 0.878. The second kappa shape index (κ2) is 5.46. The highest BCUT2D eigenvalue weighted by Crippen LogP contribution is 2.18. The Hall–Kier alpha value is -1.87. The first kappa shape index (κ1) is 11.6. The molecule has 0 aliphatic carbocycles. The Morgan fingerprint density at radius 3 is 2.29 bits per heavy atom. The minimum Gasteiger partial charge on any atom is -0.486 e. The van der Waals surface area contributed by atoms with E-state index in [9.17, 15) is 4.39 Å². The number of benzene rings is 2. The molecule has 0 heterocycles. The molecule has 0 radical (unpaired) electrons. The summed E-state index contributed by atoms with van der Waals surface area (Å²) >= 11 is 0. The zero-order chi connectivity index (χ0) is 12.1. The van der Waals surface area contributed by atoms with Gasteiger partial charge >= 0.3 is 0 Å². The minimum atomic E-state index is -0.349. The maximum atomic E-state index is 13.3. The van der Waals surface area contributed by atoms with Crippen molar-refractivity contribution < 1.29 is 9.13 Å². The second-order valence-corrected chi connectivity index (χ2v) is 3.69. The number of halogens is 1. The first-order chi connectivity index (χ1) is 8.31. The lowest BCUT2D eigenvalue weighted by molar-refractivity contribution is 0.289. The van der Waals surface area contributed by atoms with E-state index in [1.165, 1.54) is 6.07 Å². The predicted molar refractivity (Wildman–Crippen MR) is 65.1 cm³/mol. The molecule has 0 fully saturated rings. The van der Waals surface area contributed by atoms with Gasteiger partial charge in [0.05, 0.1) is 0 Å². The van der Waals surface area contributed by atoms with Crippen molar-refractivity contribution in [2.45, 2.75) is 13.2 Å². The van der Waals surface area contributed by atoms with E-state index in [-0.39, 0.29) is 11.6 Å². The van der Waals surface area contributed by atoms with Gasteiger partial charge in [-0.25, -0.2) is 4.39 Å². The lowest BCUT2D eigenvalue weighted by Gasteiger charge is -2.10. The van der Waals surface area contributed by atoms with Gasteiger partial charge in [-0.15, -0.1) is 0 Å². The van der Waals surface area contributed by atoms with Crippen LogP contribution in [0.4, 0.5) is 4.39 Å². The van der Waals surface area contributed by atoms with Crippen molar-refractivity contribution in [3.8, 4) is 5.75 Å². The fourth-order valence-corrected chi connectivity index (χ4v) is 1.61. The molecule has 2 aromatic rings.